The highest BCUT2D eigenvalue weighted by molar-refractivity contribution is 6.30. The number of nitrogens with zero attached hydrogens (tertiary/aromatic N) is 4. The summed E-state index contributed by atoms with van der Waals surface area (Å²) < 4.78 is 10.0. The van der Waals surface area contributed by atoms with E-state index in [4.69, 9.17) is 39.5 Å². The van der Waals surface area contributed by atoms with Crippen molar-refractivity contribution in [2.45, 2.75) is 19.5 Å². The van der Waals surface area contributed by atoms with Crippen molar-refractivity contribution in [1.29, 1.82) is 0 Å². The average Bonchev–Trinajstić information content (AvgIpc) is 3.14. The van der Waals surface area contributed by atoms with E-state index in [1.807, 2.05) is 12.1 Å². The molecule has 4 rings (SSSR count). The Kier molecular flexibility index (Phi) is 6.81. The van der Waals surface area contributed by atoms with Crippen LogP contribution < -0.4 is 16.0 Å². The lowest BCUT2D eigenvalue weighted by Gasteiger charge is -2.11. The predicted octanol–water partition coefficient (Wildman–Crippen LogP) is 2.17. The minimum Gasteiger partial charge on any atom is -0.425 e. The average molecular weight is 512 g/mol. The first-order valence-electron chi connectivity index (χ1n) is 10.0. The molecule has 172 valence electrons. The fourth-order valence-electron chi connectivity index (χ4n) is 3.43. The maximum Gasteiger partial charge on any atom is 0.332 e. The topological polar surface area (TPSA) is 91.3 Å². The van der Waals surface area contributed by atoms with Crippen LogP contribution in [0.3, 0.4) is 0 Å². The quantitative estimate of drug-likeness (QED) is 0.411. The smallest absolute Gasteiger partial charge is 0.332 e. The Bertz CT molecular complexity index is 1440. The lowest BCUT2D eigenvalue weighted by atomic mass is 10.2. The minimum absolute atomic E-state index is 0.0832. The lowest BCUT2D eigenvalue weighted by Crippen LogP contribution is -2.39. The molecule has 0 fully saturated rings. The van der Waals surface area contributed by atoms with Crippen molar-refractivity contribution in [3.8, 4) is 11.8 Å². The summed E-state index contributed by atoms with van der Waals surface area (Å²) >= 11 is 16.4. The maximum atomic E-state index is 13.3. The van der Waals surface area contributed by atoms with Crippen molar-refractivity contribution >= 4 is 22.8 Å². The van der Waals surface area contributed by atoms with Gasteiger partial charge in [-0.2, -0.15) is 4.98 Å². The number of fused-ring (bicyclic) bond motifs is 1. The Morgan fingerprint density at radius 3 is 2.45 bits per heavy atom. The molecule has 0 bridgehead atoms. The second-order valence-electron chi connectivity index (χ2n) is 7.37. The van der Waals surface area contributed by atoms with E-state index in [-0.39, 0.29) is 43.3 Å². The molecule has 8 nitrogen and oxygen atoms in total. The summed E-state index contributed by atoms with van der Waals surface area (Å²) in [5, 5.41) is 10.8. The Morgan fingerprint density at radius 2 is 1.79 bits per heavy atom. The van der Waals surface area contributed by atoms with Crippen molar-refractivity contribution in [2.24, 2.45) is 7.05 Å². The van der Waals surface area contributed by atoms with Crippen LogP contribution in [-0.2, 0) is 20.1 Å². The van der Waals surface area contributed by atoms with E-state index in [2.05, 4.69) is 4.98 Å². The van der Waals surface area contributed by atoms with Gasteiger partial charge in [0.25, 0.3) is 15.6 Å². The van der Waals surface area contributed by atoms with E-state index in [9.17, 15) is 14.7 Å². The van der Waals surface area contributed by atoms with Crippen molar-refractivity contribution in [3.05, 3.63) is 83.9 Å². The normalized spacial score (nSPS) is 11.3. The van der Waals surface area contributed by atoms with Crippen molar-refractivity contribution in [2.75, 3.05) is 6.61 Å². The third-order valence-corrected chi connectivity index (χ3v) is 6.19. The molecule has 1 N–H and O–H groups in total. The van der Waals surface area contributed by atoms with Crippen LogP contribution in [0.25, 0.3) is 11.2 Å². The van der Waals surface area contributed by atoms with E-state index in [0.29, 0.717) is 20.8 Å². The van der Waals surface area contributed by atoms with Gasteiger partial charge in [0.2, 0.25) is 0 Å². The number of hydrogen-bond donors (Lipinski definition) is 1. The highest BCUT2D eigenvalue weighted by atomic mass is 35.5. The van der Waals surface area contributed by atoms with Gasteiger partial charge >= 0.3 is 11.7 Å². The molecule has 33 heavy (non-hydrogen) atoms. The van der Waals surface area contributed by atoms with Gasteiger partial charge < -0.3 is 9.84 Å². The number of aromatic nitrogens is 4. The van der Waals surface area contributed by atoms with Gasteiger partial charge in [0, 0.05) is 31.3 Å². The molecule has 2 aromatic carbocycles. The number of imidazole rings is 1. The number of aliphatic hydroxyl groups is 1. The molecule has 2 aromatic heterocycles. The van der Waals surface area contributed by atoms with Gasteiger partial charge in [0.15, 0.2) is 34.4 Å². The summed E-state index contributed by atoms with van der Waals surface area (Å²) in [6, 6.07) is 12.2. The van der Waals surface area contributed by atoms with Crippen LogP contribution >= 0.6 is 11.6 Å². The fraction of sp³-hybridized carbons (Fsp3) is 0.227. The molecule has 0 atom stereocenters. The molecule has 0 radical (unpaired) electrons. The first-order chi connectivity index (χ1) is 15.8. The Balaban J connectivity index is 1.93. The van der Waals surface area contributed by atoms with Crippen LogP contribution in [-0.4, -0.2) is 30.4 Å². The summed E-state index contributed by atoms with van der Waals surface area (Å²) in [5.41, 5.74) is 0.212. The SMILES string of the molecule is Cn1c(=O)n(CCCO)c(=O)c2c1nc(Oc1ccc([ClH+])c([ClH+])c1)n2Cc1ccc(Cl)cc1. The molecule has 0 spiro atoms. The van der Waals surface area contributed by atoms with Gasteiger partial charge in [-0.3, -0.25) is 18.5 Å². The van der Waals surface area contributed by atoms with Crippen molar-refractivity contribution in [1.82, 2.24) is 18.7 Å². The third-order valence-electron chi connectivity index (χ3n) is 5.12. The number of aliphatic hydroxyl groups excluding tert-OH is 1. The van der Waals surface area contributed by atoms with Crippen molar-refractivity contribution < 1.29 is 33.0 Å². The summed E-state index contributed by atoms with van der Waals surface area (Å²) in [4.78, 5) is 30.6. The summed E-state index contributed by atoms with van der Waals surface area (Å²) in [5.74, 6) is 0.409. The molecule has 11 heteroatoms. The van der Waals surface area contributed by atoms with Gasteiger partial charge in [0.05, 0.1) is 12.6 Å². The van der Waals surface area contributed by atoms with Crippen LogP contribution in [0.1, 0.15) is 12.0 Å². The van der Waals surface area contributed by atoms with Gasteiger partial charge in [-0.1, -0.05) is 23.7 Å². The minimum atomic E-state index is -0.521. The van der Waals surface area contributed by atoms with Gasteiger partial charge in [0.1, 0.15) is 5.75 Å². The second-order valence-corrected chi connectivity index (χ2v) is 8.68. The number of rotatable bonds is 7. The zero-order chi connectivity index (χ0) is 23.7. The number of benzene rings is 2. The van der Waals surface area contributed by atoms with Crippen LogP contribution in [0.2, 0.25) is 15.1 Å². The number of halogens is 3. The number of aryl methyl sites for hydroxylation is 1. The first kappa shape index (κ1) is 23.4. The highest BCUT2D eigenvalue weighted by Crippen LogP contribution is 2.27. The molecular weight excluding hydrogens is 491 g/mol. The summed E-state index contributed by atoms with van der Waals surface area (Å²) in [6.07, 6.45) is 0.268. The van der Waals surface area contributed by atoms with E-state index >= 15 is 0 Å². The van der Waals surface area contributed by atoms with Gasteiger partial charge in [-0.05, 0) is 30.2 Å². The largest absolute Gasteiger partial charge is 0.425 e. The van der Waals surface area contributed by atoms with Gasteiger partial charge in [-0.25, -0.2) is 4.79 Å². The monoisotopic (exact) mass is 510 g/mol. The molecule has 0 saturated heterocycles. The standard InChI is InChI=1S/C22H21Cl3N4O4/c1-27-19-18(20(31)28(22(27)32)9-2-10-30)29(12-13-3-5-14(23)6-4-13)21(26-19)33-15-7-8-16(24)17(25)11-15/h3-8,11,24-25,30H,2,9-10,12H2,1H3/q+2. The van der Waals surface area contributed by atoms with Crippen molar-refractivity contribution in [3.63, 3.8) is 0 Å². The predicted molar refractivity (Wildman–Crippen MR) is 119 cm³/mol. The molecule has 0 unspecified atom stereocenters. The van der Waals surface area contributed by atoms with E-state index in [1.54, 1.807) is 34.9 Å². The Labute approximate surface area is 203 Å². The summed E-state index contributed by atoms with van der Waals surface area (Å²) in [7, 11) is 1.54. The molecule has 4 aromatic rings. The van der Waals surface area contributed by atoms with Gasteiger partial charge in [-0.15, -0.1) is 0 Å². The van der Waals surface area contributed by atoms with E-state index < -0.39 is 11.2 Å². The third kappa shape index (κ3) is 4.65. The van der Waals surface area contributed by atoms with Crippen LogP contribution in [0, 0.1) is 23.2 Å². The molecule has 0 amide bonds. The molecule has 0 aliphatic rings. The number of hydrogen-bond acceptors (Lipinski definition) is 5. The zero-order valence-electron chi connectivity index (χ0n) is 17.5. The summed E-state index contributed by atoms with van der Waals surface area (Å²) in [6.45, 7) is 0.185. The highest BCUT2D eigenvalue weighted by Gasteiger charge is 2.23. The molecule has 0 saturated carbocycles. The molecule has 2 heterocycles. The number of ether oxygens (including phenoxy) is 1. The molecule has 0 aliphatic heterocycles. The lowest BCUT2D eigenvalue weighted by molar-refractivity contribution is -0.345. The first-order valence-corrected chi connectivity index (χ1v) is 11.2. The Hall–Kier alpha value is -2.78. The van der Waals surface area contributed by atoms with Crippen LogP contribution in [0.5, 0.6) is 11.8 Å². The second kappa shape index (κ2) is 9.61. The van der Waals surface area contributed by atoms with Crippen LogP contribution in [0.4, 0.5) is 0 Å². The fourth-order valence-corrected chi connectivity index (χ4v) is 3.87. The zero-order valence-corrected chi connectivity index (χ0v) is 19.9. The Morgan fingerprint density at radius 1 is 1.06 bits per heavy atom. The van der Waals surface area contributed by atoms with Crippen LogP contribution in [0.15, 0.2) is 52.1 Å². The molecular formula is C22H21Cl3N4O4+2. The van der Waals surface area contributed by atoms with E-state index in [1.165, 1.54) is 11.6 Å². The van der Waals surface area contributed by atoms with E-state index in [0.717, 1.165) is 10.1 Å². The maximum absolute atomic E-state index is 13.3. The molecule has 0 aliphatic carbocycles.